The lowest BCUT2D eigenvalue weighted by Crippen LogP contribution is -2.31. The summed E-state index contributed by atoms with van der Waals surface area (Å²) in [6, 6.07) is 8.65. The zero-order valence-corrected chi connectivity index (χ0v) is 10.6. The lowest BCUT2D eigenvalue weighted by Gasteiger charge is -2.20. The molecule has 19 heavy (non-hydrogen) atoms. The van der Waals surface area contributed by atoms with Gasteiger partial charge in [0, 0.05) is 24.6 Å². The Bertz CT molecular complexity index is 558. The van der Waals surface area contributed by atoms with Crippen molar-refractivity contribution in [1.82, 2.24) is 9.97 Å². The SMILES string of the molecule is CCN(C(=O)c1cccc(NN)n1)c1ccncc1. The average molecular weight is 257 g/mol. The Balaban J connectivity index is 2.30. The first-order valence-electron chi connectivity index (χ1n) is 5.91. The van der Waals surface area contributed by atoms with Gasteiger partial charge >= 0.3 is 0 Å². The molecule has 0 aliphatic heterocycles. The molecular weight excluding hydrogens is 242 g/mol. The summed E-state index contributed by atoms with van der Waals surface area (Å²) in [6.07, 6.45) is 3.30. The van der Waals surface area contributed by atoms with Crippen molar-refractivity contribution in [1.29, 1.82) is 0 Å². The molecule has 6 nitrogen and oxygen atoms in total. The van der Waals surface area contributed by atoms with Gasteiger partial charge in [0.25, 0.3) is 5.91 Å². The van der Waals surface area contributed by atoms with Crippen LogP contribution in [0.15, 0.2) is 42.7 Å². The number of hydrazine groups is 1. The van der Waals surface area contributed by atoms with Crippen molar-refractivity contribution in [2.75, 3.05) is 16.9 Å². The van der Waals surface area contributed by atoms with E-state index >= 15 is 0 Å². The number of carbonyl (C=O) groups is 1. The first-order chi connectivity index (χ1) is 9.26. The van der Waals surface area contributed by atoms with E-state index in [0.717, 1.165) is 5.69 Å². The van der Waals surface area contributed by atoms with Crippen LogP contribution in [-0.2, 0) is 0 Å². The van der Waals surface area contributed by atoms with E-state index in [1.54, 1.807) is 47.6 Å². The first-order valence-corrected chi connectivity index (χ1v) is 5.91. The number of nitrogen functional groups attached to an aromatic ring is 1. The number of hydrogen-bond acceptors (Lipinski definition) is 5. The van der Waals surface area contributed by atoms with E-state index in [2.05, 4.69) is 15.4 Å². The number of anilines is 2. The monoisotopic (exact) mass is 257 g/mol. The van der Waals surface area contributed by atoms with E-state index in [0.29, 0.717) is 18.1 Å². The van der Waals surface area contributed by atoms with Crippen LogP contribution in [0.5, 0.6) is 0 Å². The van der Waals surface area contributed by atoms with Crippen LogP contribution in [0.4, 0.5) is 11.5 Å². The Hall–Kier alpha value is -2.47. The third kappa shape index (κ3) is 2.86. The zero-order chi connectivity index (χ0) is 13.7. The van der Waals surface area contributed by atoms with Crippen LogP contribution in [0.3, 0.4) is 0 Å². The second kappa shape index (κ2) is 5.92. The molecule has 98 valence electrons. The summed E-state index contributed by atoms with van der Waals surface area (Å²) < 4.78 is 0. The van der Waals surface area contributed by atoms with Crippen LogP contribution >= 0.6 is 0 Å². The van der Waals surface area contributed by atoms with E-state index in [1.807, 2.05) is 6.92 Å². The van der Waals surface area contributed by atoms with Crippen LogP contribution in [0.1, 0.15) is 17.4 Å². The molecule has 3 N–H and O–H groups in total. The fraction of sp³-hybridized carbons (Fsp3) is 0.154. The molecule has 0 bridgehead atoms. The Morgan fingerprint density at radius 3 is 2.68 bits per heavy atom. The second-order valence-corrected chi connectivity index (χ2v) is 3.81. The summed E-state index contributed by atoms with van der Waals surface area (Å²) in [4.78, 5) is 22.1. The Labute approximate surface area is 111 Å². The zero-order valence-electron chi connectivity index (χ0n) is 10.6. The number of nitrogens with zero attached hydrogens (tertiary/aromatic N) is 3. The third-order valence-electron chi connectivity index (χ3n) is 2.65. The van der Waals surface area contributed by atoms with E-state index < -0.39 is 0 Å². The minimum atomic E-state index is -0.175. The third-order valence-corrected chi connectivity index (χ3v) is 2.65. The minimum absolute atomic E-state index is 0.175. The molecule has 0 unspecified atom stereocenters. The summed E-state index contributed by atoms with van der Waals surface area (Å²) >= 11 is 0. The molecule has 0 saturated carbocycles. The molecule has 2 heterocycles. The molecular formula is C13H15N5O. The number of aromatic nitrogens is 2. The molecule has 0 aliphatic carbocycles. The van der Waals surface area contributed by atoms with Gasteiger partial charge in [0.1, 0.15) is 11.5 Å². The summed E-state index contributed by atoms with van der Waals surface area (Å²) in [7, 11) is 0. The molecule has 0 aromatic carbocycles. The number of hydrogen-bond donors (Lipinski definition) is 2. The Morgan fingerprint density at radius 2 is 2.05 bits per heavy atom. The molecule has 0 spiro atoms. The van der Waals surface area contributed by atoms with Gasteiger partial charge in [-0.2, -0.15) is 0 Å². The predicted molar refractivity (Wildman–Crippen MR) is 73.6 cm³/mol. The van der Waals surface area contributed by atoms with Gasteiger partial charge in [-0.25, -0.2) is 10.8 Å². The standard InChI is InChI=1S/C13H15N5O/c1-2-18(10-6-8-15-9-7-10)13(19)11-4-3-5-12(16-11)17-14/h3-9H,2,14H2,1H3,(H,16,17). The average Bonchev–Trinajstić information content (AvgIpc) is 2.49. The van der Waals surface area contributed by atoms with E-state index in [4.69, 9.17) is 5.84 Å². The number of carbonyl (C=O) groups excluding carboxylic acids is 1. The van der Waals surface area contributed by atoms with Crippen molar-refractivity contribution in [3.05, 3.63) is 48.4 Å². The van der Waals surface area contributed by atoms with E-state index in [-0.39, 0.29) is 5.91 Å². The molecule has 0 atom stereocenters. The maximum atomic E-state index is 12.4. The number of rotatable bonds is 4. The van der Waals surface area contributed by atoms with Gasteiger partial charge in [-0.1, -0.05) is 6.07 Å². The van der Waals surface area contributed by atoms with Crippen molar-refractivity contribution in [2.24, 2.45) is 5.84 Å². The fourth-order valence-corrected chi connectivity index (χ4v) is 1.74. The van der Waals surface area contributed by atoms with Gasteiger partial charge in [0.2, 0.25) is 0 Å². The molecule has 2 aromatic rings. The normalized spacial score (nSPS) is 10.0. The van der Waals surface area contributed by atoms with Crippen LogP contribution in [0.25, 0.3) is 0 Å². The molecule has 0 radical (unpaired) electrons. The van der Waals surface area contributed by atoms with Gasteiger partial charge in [-0.05, 0) is 31.2 Å². The molecule has 1 amide bonds. The fourth-order valence-electron chi connectivity index (χ4n) is 1.74. The second-order valence-electron chi connectivity index (χ2n) is 3.81. The van der Waals surface area contributed by atoms with Gasteiger partial charge in [0.15, 0.2) is 0 Å². The van der Waals surface area contributed by atoms with Gasteiger partial charge in [-0.3, -0.25) is 9.78 Å². The highest BCUT2D eigenvalue weighted by atomic mass is 16.2. The van der Waals surface area contributed by atoms with Crippen LogP contribution in [-0.4, -0.2) is 22.4 Å². The molecule has 0 fully saturated rings. The molecule has 2 aromatic heterocycles. The molecule has 2 rings (SSSR count). The highest BCUT2D eigenvalue weighted by Crippen LogP contribution is 2.15. The van der Waals surface area contributed by atoms with Crippen molar-refractivity contribution in [3.8, 4) is 0 Å². The van der Waals surface area contributed by atoms with Crippen LogP contribution < -0.4 is 16.2 Å². The summed E-state index contributed by atoms with van der Waals surface area (Å²) in [5, 5.41) is 0. The maximum Gasteiger partial charge on any atom is 0.276 e. The maximum absolute atomic E-state index is 12.4. The lowest BCUT2D eigenvalue weighted by atomic mass is 10.2. The van der Waals surface area contributed by atoms with Crippen molar-refractivity contribution < 1.29 is 4.79 Å². The van der Waals surface area contributed by atoms with Crippen LogP contribution in [0.2, 0.25) is 0 Å². The summed E-state index contributed by atoms with van der Waals surface area (Å²) in [5.74, 6) is 5.57. The quantitative estimate of drug-likeness (QED) is 0.639. The Kier molecular flexibility index (Phi) is 4.04. The van der Waals surface area contributed by atoms with Gasteiger partial charge in [-0.15, -0.1) is 0 Å². The minimum Gasteiger partial charge on any atom is -0.308 e. The molecule has 0 aliphatic rings. The molecule has 6 heteroatoms. The van der Waals surface area contributed by atoms with Crippen molar-refractivity contribution in [2.45, 2.75) is 6.92 Å². The van der Waals surface area contributed by atoms with E-state index in [9.17, 15) is 4.79 Å². The number of pyridine rings is 2. The highest BCUT2D eigenvalue weighted by Gasteiger charge is 2.17. The lowest BCUT2D eigenvalue weighted by molar-refractivity contribution is 0.0983. The van der Waals surface area contributed by atoms with E-state index in [1.165, 1.54) is 0 Å². The van der Waals surface area contributed by atoms with Crippen LogP contribution in [0, 0.1) is 0 Å². The topological polar surface area (TPSA) is 84.1 Å². The first kappa shape index (κ1) is 13.0. The highest BCUT2D eigenvalue weighted by molar-refractivity contribution is 6.04. The van der Waals surface area contributed by atoms with Crippen molar-refractivity contribution in [3.63, 3.8) is 0 Å². The largest absolute Gasteiger partial charge is 0.308 e. The molecule has 0 saturated heterocycles. The van der Waals surface area contributed by atoms with Gasteiger partial charge in [0.05, 0.1) is 0 Å². The number of nitrogens with one attached hydrogen (secondary N) is 1. The number of amides is 1. The predicted octanol–water partition coefficient (Wildman–Crippen LogP) is 1.43. The summed E-state index contributed by atoms with van der Waals surface area (Å²) in [6.45, 7) is 2.45. The summed E-state index contributed by atoms with van der Waals surface area (Å²) in [5.41, 5.74) is 3.56. The smallest absolute Gasteiger partial charge is 0.276 e. The number of nitrogens with two attached hydrogens (primary N) is 1. The van der Waals surface area contributed by atoms with Gasteiger partial charge < -0.3 is 10.3 Å². The Morgan fingerprint density at radius 1 is 1.32 bits per heavy atom. The van der Waals surface area contributed by atoms with Crippen molar-refractivity contribution >= 4 is 17.4 Å².